The van der Waals surface area contributed by atoms with Crippen LogP contribution in [0.4, 0.5) is 0 Å². The van der Waals surface area contributed by atoms with E-state index in [1.165, 1.54) is 12.0 Å². The fraction of sp³-hybridized carbons (Fsp3) is 0.545. The molecule has 0 atom stereocenters. The number of hydrogen-bond donors (Lipinski definition) is 1. The third-order valence-electron chi connectivity index (χ3n) is 1.92. The van der Waals surface area contributed by atoms with Crippen LogP contribution in [0.25, 0.3) is 0 Å². The maximum atomic E-state index is 4.08. The van der Waals surface area contributed by atoms with E-state index in [9.17, 15) is 0 Å². The first-order valence-electron chi connectivity index (χ1n) is 4.91. The summed E-state index contributed by atoms with van der Waals surface area (Å²) < 4.78 is 0. The van der Waals surface area contributed by atoms with Gasteiger partial charge in [-0.3, -0.25) is 4.98 Å². The number of hydrogen-bond acceptors (Lipinski definition) is 2. The largest absolute Gasteiger partial charge is 0.315 e. The average Bonchev–Trinajstić information content (AvgIpc) is 2.14. The Morgan fingerprint density at radius 2 is 2.31 bits per heavy atom. The van der Waals surface area contributed by atoms with Crippen LogP contribution in [0.15, 0.2) is 24.5 Å². The summed E-state index contributed by atoms with van der Waals surface area (Å²) >= 11 is 0. The van der Waals surface area contributed by atoms with Crippen LogP contribution in [0.1, 0.15) is 25.8 Å². The predicted molar refractivity (Wildman–Crippen MR) is 55.7 cm³/mol. The molecule has 1 rings (SSSR count). The molecule has 0 aliphatic carbocycles. The van der Waals surface area contributed by atoms with Crippen LogP contribution in [0, 0.1) is 0 Å². The minimum atomic E-state index is 0.592. The number of pyridine rings is 1. The van der Waals surface area contributed by atoms with E-state index in [2.05, 4.69) is 30.2 Å². The fourth-order valence-corrected chi connectivity index (χ4v) is 1.23. The lowest BCUT2D eigenvalue weighted by Crippen LogP contribution is -2.23. The van der Waals surface area contributed by atoms with Crippen LogP contribution in [0.3, 0.4) is 0 Å². The molecule has 0 bridgehead atoms. The SMILES string of the molecule is CC(C)NCCCc1cccnc1. The molecule has 0 aliphatic heterocycles. The molecule has 2 heteroatoms. The highest BCUT2D eigenvalue weighted by Crippen LogP contribution is 1.99. The second-order valence-corrected chi connectivity index (χ2v) is 3.57. The summed E-state index contributed by atoms with van der Waals surface area (Å²) in [7, 11) is 0. The molecular formula is C11H18N2. The Morgan fingerprint density at radius 3 is 2.92 bits per heavy atom. The molecule has 0 spiro atoms. The van der Waals surface area contributed by atoms with Crippen LogP contribution in [0.5, 0.6) is 0 Å². The lowest BCUT2D eigenvalue weighted by atomic mass is 10.1. The van der Waals surface area contributed by atoms with Crippen molar-refractivity contribution < 1.29 is 0 Å². The number of nitrogens with one attached hydrogen (secondary N) is 1. The molecule has 0 amide bonds. The highest BCUT2D eigenvalue weighted by atomic mass is 14.9. The Kier molecular flexibility index (Phi) is 4.47. The molecule has 13 heavy (non-hydrogen) atoms. The first-order chi connectivity index (χ1) is 6.29. The Bertz CT molecular complexity index is 219. The van der Waals surface area contributed by atoms with Gasteiger partial charge in [-0.15, -0.1) is 0 Å². The van der Waals surface area contributed by atoms with Crippen molar-refractivity contribution in [2.75, 3.05) is 6.54 Å². The second kappa shape index (κ2) is 5.70. The maximum absolute atomic E-state index is 4.08. The first kappa shape index (κ1) is 10.2. The van der Waals surface area contributed by atoms with Crippen molar-refractivity contribution in [1.29, 1.82) is 0 Å². The summed E-state index contributed by atoms with van der Waals surface area (Å²) in [5, 5.41) is 3.40. The Labute approximate surface area is 80.4 Å². The average molecular weight is 178 g/mol. The third-order valence-corrected chi connectivity index (χ3v) is 1.92. The van der Waals surface area contributed by atoms with Crippen molar-refractivity contribution in [2.45, 2.75) is 32.7 Å². The molecular weight excluding hydrogens is 160 g/mol. The quantitative estimate of drug-likeness (QED) is 0.698. The van der Waals surface area contributed by atoms with Gasteiger partial charge < -0.3 is 5.32 Å². The second-order valence-electron chi connectivity index (χ2n) is 3.57. The van der Waals surface area contributed by atoms with E-state index < -0.39 is 0 Å². The summed E-state index contributed by atoms with van der Waals surface area (Å²) in [6, 6.07) is 4.71. The fourth-order valence-electron chi connectivity index (χ4n) is 1.23. The van der Waals surface area contributed by atoms with Crippen molar-refractivity contribution >= 4 is 0 Å². The lowest BCUT2D eigenvalue weighted by molar-refractivity contribution is 0.570. The highest BCUT2D eigenvalue weighted by Gasteiger charge is 1.93. The monoisotopic (exact) mass is 178 g/mol. The lowest BCUT2D eigenvalue weighted by Gasteiger charge is -2.07. The van der Waals surface area contributed by atoms with Crippen LogP contribution in [-0.2, 0) is 6.42 Å². The van der Waals surface area contributed by atoms with Crippen LogP contribution in [0.2, 0.25) is 0 Å². The van der Waals surface area contributed by atoms with Gasteiger partial charge in [0.2, 0.25) is 0 Å². The molecule has 0 radical (unpaired) electrons. The van der Waals surface area contributed by atoms with Crippen molar-refractivity contribution in [3.8, 4) is 0 Å². The first-order valence-corrected chi connectivity index (χ1v) is 4.91. The summed E-state index contributed by atoms with van der Waals surface area (Å²) in [6.45, 7) is 5.43. The molecule has 0 saturated carbocycles. The molecule has 72 valence electrons. The van der Waals surface area contributed by atoms with E-state index in [4.69, 9.17) is 0 Å². The summed E-state index contributed by atoms with van der Waals surface area (Å²) in [6.07, 6.45) is 6.06. The molecule has 0 fully saturated rings. The highest BCUT2D eigenvalue weighted by molar-refractivity contribution is 5.08. The Balaban J connectivity index is 2.13. The van der Waals surface area contributed by atoms with Gasteiger partial charge >= 0.3 is 0 Å². The van der Waals surface area contributed by atoms with Gasteiger partial charge in [-0.1, -0.05) is 19.9 Å². The van der Waals surface area contributed by atoms with Crippen molar-refractivity contribution in [1.82, 2.24) is 10.3 Å². The van der Waals surface area contributed by atoms with Gasteiger partial charge in [0.25, 0.3) is 0 Å². The van der Waals surface area contributed by atoms with Crippen molar-refractivity contribution in [2.24, 2.45) is 0 Å². The van der Waals surface area contributed by atoms with Gasteiger partial charge in [-0.25, -0.2) is 0 Å². The van der Waals surface area contributed by atoms with Crippen molar-refractivity contribution in [3.63, 3.8) is 0 Å². The van der Waals surface area contributed by atoms with Crippen LogP contribution < -0.4 is 5.32 Å². The summed E-state index contributed by atoms with van der Waals surface area (Å²) in [5.74, 6) is 0. The standard InChI is InChI=1S/C11H18N2/c1-10(2)13-8-4-6-11-5-3-7-12-9-11/h3,5,7,9-10,13H,4,6,8H2,1-2H3. The van der Waals surface area contributed by atoms with E-state index in [-0.39, 0.29) is 0 Å². The minimum absolute atomic E-state index is 0.592. The third kappa shape index (κ3) is 4.63. The Morgan fingerprint density at radius 1 is 1.46 bits per heavy atom. The molecule has 0 aromatic carbocycles. The van der Waals surface area contributed by atoms with E-state index in [0.29, 0.717) is 6.04 Å². The summed E-state index contributed by atoms with van der Waals surface area (Å²) in [5.41, 5.74) is 1.33. The minimum Gasteiger partial charge on any atom is -0.315 e. The number of rotatable bonds is 5. The van der Waals surface area contributed by atoms with E-state index in [0.717, 1.165) is 13.0 Å². The number of nitrogens with zero attached hydrogens (tertiary/aromatic N) is 1. The van der Waals surface area contributed by atoms with E-state index >= 15 is 0 Å². The zero-order chi connectivity index (χ0) is 9.52. The van der Waals surface area contributed by atoms with E-state index in [1.54, 1.807) is 0 Å². The molecule has 1 heterocycles. The predicted octanol–water partition coefficient (Wildman–Crippen LogP) is 2.01. The Hall–Kier alpha value is -0.890. The van der Waals surface area contributed by atoms with Gasteiger partial charge in [0.05, 0.1) is 0 Å². The molecule has 1 N–H and O–H groups in total. The van der Waals surface area contributed by atoms with Gasteiger partial charge in [-0.2, -0.15) is 0 Å². The molecule has 0 aliphatic rings. The van der Waals surface area contributed by atoms with Gasteiger partial charge in [0.15, 0.2) is 0 Å². The topological polar surface area (TPSA) is 24.9 Å². The number of aromatic nitrogens is 1. The molecule has 0 unspecified atom stereocenters. The molecule has 1 aromatic rings. The van der Waals surface area contributed by atoms with E-state index in [1.807, 2.05) is 18.5 Å². The number of aryl methyl sites for hydroxylation is 1. The maximum Gasteiger partial charge on any atom is 0.0299 e. The normalized spacial score (nSPS) is 10.7. The zero-order valence-corrected chi connectivity index (χ0v) is 8.46. The molecule has 1 aromatic heterocycles. The van der Waals surface area contributed by atoms with Crippen LogP contribution in [-0.4, -0.2) is 17.6 Å². The molecule has 0 saturated heterocycles. The van der Waals surface area contributed by atoms with Crippen LogP contribution >= 0.6 is 0 Å². The summed E-state index contributed by atoms with van der Waals surface area (Å²) in [4.78, 5) is 4.08. The smallest absolute Gasteiger partial charge is 0.0299 e. The van der Waals surface area contributed by atoms with Crippen molar-refractivity contribution in [3.05, 3.63) is 30.1 Å². The van der Waals surface area contributed by atoms with Gasteiger partial charge in [0, 0.05) is 18.4 Å². The zero-order valence-electron chi connectivity index (χ0n) is 8.46. The molecule has 2 nitrogen and oxygen atoms in total. The van der Waals surface area contributed by atoms with Gasteiger partial charge in [0.1, 0.15) is 0 Å². The van der Waals surface area contributed by atoms with Gasteiger partial charge in [-0.05, 0) is 31.0 Å².